The van der Waals surface area contributed by atoms with Gasteiger partial charge in [0.25, 0.3) is 0 Å². The summed E-state index contributed by atoms with van der Waals surface area (Å²) in [6, 6.07) is 6.95. The zero-order chi connectivity index (χ0) is 19.0. The molecule has 2 aliphatic heterocycles. The Labute approximate surface area is 157 Å². The Kier molecular flexibility index (Phi) is 5.55. The number of benzene rings is 1. The molecule has 1 atom stereocenters. The molecule has 2 saturated heterocycles. The molecule has 26 heavy (non-hydrogen) atoms. The van der Waals surface area contributed by atoms with Crippen molar-refractivity contribution in [1.82, 2.24) is 0 Å². The quantitative estimate of drug-likeness (QED) is 0.735. The molecular formula is C19H29BO5S. The Hall–Kier alpha value is -0.885. The van der Waals surface area contributed by atoms with Crippen molar-refractivity contribution >= 4 is 22.4 Å². The summed E-state index contributed by atoms with van der Waals surface area (Å²) >= 11 is 0. The molecule has 0 aliphatic carbocycles. The number of sulfone groups is 1. The van der Waals surface area contributed by atoms with Crippen LogP contribution in [-0.2, 0) is 23.9 Å². The minimum Gasteiger partial charge on any atom is -0.399 e. The largest absolute Gasteiger partial charge is 0.494 e. The fourth-order valence-electron chi connectivity index (χ4n) is 3.59. The minimum absolute atomic E-state index is 0.181. The molecule has 0 bridgehead atoms. The molecule has 0 saturated carbocycles. The van der Waals surface area contributed by atoms with Gasteiger partial charge in [0.05, 0.1) is 21.9 Å². The maximum Gasteiger partial charge on any atom is 0.494 e. The van der Waals surface area contributed by atoms with E-state index >= 15 is 0 Å². The molecule has 0 N–H and O–H groups in total. The van der Waals surface area contributed by atoms with Crippen LogP contribution in [0.4, 0.5) is 0 Å². The molecule has 0 spiro atoms. The molecule has 2 aliphatic rings. The third kappa shape index (κ3) is 3.86. The van der Waals surface area contributed by atoms with Crippen molar-refractivity contribution in [3.63, 3.8) is 0 Å². The van der Waals surface area contributed by atoms with E-state index in [-0.39, 0.29) is 17.3 Å². The van der Waals surface area contributed by atoms with Crippen LogP contribution in [0.25, 0.3) is 0 Å². The fraction of sp³-hybridized carbons (Fsp3) is 0.684. The molecule has 0 amide bonds. The summed E-state index contributed by atoms with van der Waals surface area (Å²) in [7, 11) is -3.76. The highest BCUT2D eigenvalue weighted by molar-refractivity contribution is 7.91. The van der Waals surface area contributed by atoms with Crippen molar-refractivity contribution in [2.45, 2.75) is 63.1 Å². The summed E-state index contributed by atoms with van der Waals surface area (Å²) < 4.78 is 42.9. The SMILES string of the molecule is CCC1(C)OB(c2ccc(S(=O)(=O)CC3CCOCC3)cc2)OC1(C)C. The molecule has 144 valence electrons. The molecule has 1 unspecified atom stereocenters. The van der Waals surface area contributed by atoms with Crippen LogP contribution in [0.2, 0.25) is 0 Å². The maximum atomic E-state index is 12.7. The first kappa shape index (κ1) is 19.9. The van der Waals surface area contributed by atoms with Crippen molar-refractivity contribution in [1.29, 1.82) is 0 Å². The van der Waals surface area contributed by atoms with Gasteiger partial charge in [-0.2, -0.15) is 0 Å². The highest BCUT2D eigenvalue weighted by atomic mass is 32.2. The Bertz CT molecular complexity index is 725. The number of hydrogen-bond acceptors (Lipinski definition) is 5. The van der Waals surface area contributed by atoms with Gasteiger partial charge in [-0.05, 0) is 63.5 Å². The Balaban J connectivity index is 1.72. The lowest BCUT2D eigenvalue weighted by molar-refractivity contribution is -0.0118. The molecule has 1 aromatic carbocycles. The van der Waals surface area contributed by atoms with E-state index in [2.05, 4.69) is 13.8 Å². The molecule has 0 radical (unpaired) electrons. The molecule has 1 aromatic rings. The zero-order valence-corrected chi connectivity index (χ0v) is 17.0. The average molecular weight is 380 g/mol. The first-order chi connectivity index (χ1) is 12.2. The predicted octanol–water partition coefficient (Wildman–Crippen LogP) is 2.58. The first-order valence-corrected chi connectivity index (χ1v) is 11.1. The van der Waals surface area contributed by atoms with Gasteiger partial charge < -0.3 is 14.0 Å². The molecule has 5 nitrogen and oxygen atoms in total. The molecule has 2 fully saturated rings. The van der Waals surface area contributed by atoms with Gasteiger partial charge in [0.2, 0.25) is 0 Å². The second-order valence-electron chi connectivity index (χ2n) is 8.07. The standard InChI is InChI=1S/C19H29BO5S/c1-5-19(4)18(2,3)24-20(25-19)16-6-8-17(9-7-16)26(21,22)14-15-10-12-23-13-11-15/h6-9,15H,5,10-14H2,1-4H3. The van der Waals surface area contributed by atoms with E-state index in [9.17, 15) is 8.42 Å². The molecule has 7 heteroatoms. The minimum atomic E-state index is -3.29. The molecular weight excluding hydrogens is 351 g/mol. The molecule has 2 heterocycles. The topological polar surface area (TPSA) is 61.8 Å². The van der Waals surface area contributed by atoms with Crippen LogP contribution in [0.15, 0.2) is 29.2 Å². The monoisotopic (exact) mass is 380 g/mol. The van der Waals surface area contributed by atoms with Gasteiger partial charge in [-0.3, -0.25) is 0 Å². The Morgan fingerprint density at radius 1 is 1.08 bits per heavy atom. The van der Waals surface area contributed by atoms with Crippen LogP contribution in [0.1, 0.15) is 47.0 Å². The molecule has 0 aromatic heterocycles. The fourth-order valence-corrected chi connectivity index (χ4v) is 5.29. The smallest absolute Gasteiger partial charge is 0.399 e. The second-order valence-corrected chi connectivity index (χ2v) is 10.1. The summed E-state index contributed by atoms with van der Waals surface area (Å²) in [6.07, 6.45) is 2.46. The van der Waals surface area contributed by atoms with Crippen LogP contribution >= 0.6 is 0 Å². The van der Waals surface area contributed by atoms with Gasteiger partial charge in [0.15, 0.2) is 9.84 Å². The second kappa shape index (κ2) is 7.26. The van der Waals surface area contributed by atoms with E-state index in [1.807, 2.05) is 13.8 Å². The maximum absolute atomic E-state index is 12.7. The lowest BCUT2D eigenvalue weighted by Gasteiger charge is -2.35. The Morgan fingerprint density at radius 2 is 1.69 bits per heavy atom. The van der Waals surface area contributed by atoms with E-state index in [1.54, 1.807) is 24.3 Å². The number of rotatable bonds is 5. The lowest BCUT2D eigenvalue weighted by Crippen LogP contribution is -2.44. The highest BCUT2D eigenvalue weighted by Gasteiger charge is 2.53. The highest BCUT2D eigenvalue weighted by Crippen LogP contribution is 2.39. The van der Waals surface area contributed by atoms with Crippen LogP contribution in [0.3, 0.4) is 0 Å². The van der Waals surface area contributed by atoms with Gasteiger partial charge in [0, 0.05) is 13.2 Å². The lowest BCUT2D eigenvalue weighted by atomic mass is 9.79. The summed E-state index contributed by atoms with van der Waals surface area (Å²) in [5, 5.41) is 0. The van der Waals surface area contributed by atoms with Crippen LogP contribution < -0.4 is 5.46 Å². The first-order valence-electron chi connectivity index (χ1n) is 9.43. The zero-order valence-electron chi connectivity index (χ0n) is 16.2. The summed E-state index contributed by atoms with van der Waals surface area (Å²) in [5.74, 6) is 0.369. The Morgan fingerprint density at radius 3 is 2.23 bits per heavy atom. The summed E-state index contributed by atoms with van der Waals surface area (Å²) in [4.78, 5) is 0.364. The number of hydrogen-bond donors (Lipinski definition) is 0. The van der Waals surface area contributed by atoms with Crippen molar-refractivity contribution in [2.75, 3.05) is 19.0 Å². The van der Waals surface area contributed by atoms with Crippen molar-refractivity contribution in [3.8, 4) is 0 Å². The van der Waals surface area contributed by atoms with Crippen LogP contribution in [-0.4, -0.2) is 45.7 Å². The van der Waals surface area contributed by atoms with Gasteiger partial charge in [-0.25, -0.2) is 8.42 Å². The predicted molar refractivity (Wildman–Crippen MR) is 102 cm³/mol. The van der Waals surface area contributed by atoms with Crippen LogP contribution in [0, 0.1) is 5.92 Å². The molecule has 3 rings (SSSR count). The van der Waals surface area contributed by atoms with Gasteiger partial charge in [-0.15, -0.1) is 0 Å². The summed E-state index contributed by atoms with van der Waals surface area (Å²) in [5.41, 5.74) is 0.0753. The number of ether oxygens (including phenoxy) is 1. The van der Waals surface area contributed by atoms with Gasteiger partial charge in [-0.1, -0.05) is 19.1 Å². The third-order valence-corrected chi connectivity index (χ3v) is 7.93. The van der Waals surface area contributed by atoms with Crippen molar-refractivity contribution < 1.29 is 22.5 Å². The summed E-state index contributed by atoms with van der Waals surface area (Å²) in [6.45, 7) is 9.51. The van der Waals surface area contributed by atoms with Crippen molar-refractivity contribution in [2.24, 2.45) is 5.92 Å². The van der Waals surface area contributed by atoms with E-state index in [4.69, 9.17) is 14.0 Å². The normalized spacial score (nSPS) is 27.0. The van der Waals surface area contributed by atoms with Gasteiger partial charge in [0.1, 0.15) is 0 Å². The van der Waals surface area contributed by atoms with E-state index < -0.39 is 22.6 Å². The van der Waals surface area contributed by atoms with E-state index in [1.165, 1.54) is 0 Å². The van der Waals surface area contributed by atoms with Gasteiger partial charge >= 0.3 is 7.12 Å². The third-order valence-electron chi connectivity index (χ3n) is 6.02. The van der Waals surface area contributed by atoms with E-state index in [0.29, 0.717) is 18.1 Å². The van der Waals surface area contributed by atoms with Crippen LogP contribution in [0.5, 0.6) is 0 Å². The van der Waals surface area contributed by atoms with E-state index in [0.717, 1.165) is 24.7 Å². The average Bonchev–Trinajstić information content (AvgIpc) is 2.86. The van der Waals surface area contributed by atoms with Crippen molar-refractivity contribution in [3.05, 3.63) is 24.3 Å².